The van der Waals surface area contributed by atoms with Crippen molar-refractivity contribution < 1.29 is 30.0 Å². The second-order valence-corrected chi connectivity index (χ2v) is 18.2. The van der Waals surface area contributed by atoms with Crippen LogP contribution >= 0.6 is 17.0 Å². The molecule has 7 heteroatoms. The minimum atomic E-state index is -1.41. The van der Waals surface area contributed by atoms with E-state index in [-0.39, 0.29) is 0 Å². The summed E-state index contributed by atoms with van der Waals surface area (Å²) in [5.41, 5.74) is 0. The molecule has 2 radical (unpaired) electrons. The van der Waals surface area contributed by atoms with E-state index in [1.807, 2.05) is 18.2 Å². The molecule has 0 saturated carbocycles. The van der Waals surface area contributed by atoms with Crippen molar-refractivity contribution >= 4 is 67.2 Å². The molecule has 0 heterocycles. The fraction of sp³-hybridized carbons (Fsp3) is 0.241. The van der Waals surface area contributed by atoms with Crippen molar-refractivity contribution in [1.82, 2.24) is 0 Å². The Morgan fingerprint density at radius 1 is 0.750 bits per heavy atom. The molecular weight excluding hydrogens is 599 g/mol. The Balaban J connectivity index is 0.000000212. The van der Waals surface area contributed by atoms with E-state index in [9.17, 15) is 0 Å². The van der Waals surface area contributed by atoms with Crippen LogP contribution in [0, 0.1) is 0 Å². The van der Waals surface area contributed by atoms with Gasteiger partial charge in [0.25, 0.3) is 0 Å². The van der Waals surface area contributed by atoms with Gasteiger partial charge in [0, 0.05) is 15.3 Å². The van der Waals surface area contributed by atoms with Gasteiger partial charge >= 0.3 is 37.9 Å². The van der Waals surface area contributed by atoms with Crippen LogP contribution in [0.2, 0.25) is 32.7 Å². The molecule has 5 aromatic carbocycles. The van der Waals surface area contributed by atoms with E-state index >= 15 is 0 Å². The van der Waals surface area contributed by atoms with Crippen LogP contribution in [0.1, 0.15) is 0 Å². The van der Waals surface area contributed by atoms with Crippen LogP contribution in [0.4, 0.5) is 0 Å². The van der Waals surface area contributed by atoms with E-state index in [0.29, 0.717) is 13.2 Å². The summed E-state index contributed by atoms with van der Waals surface area (Å²) >= 11 is -0.826. The molecule has 0 aliphatic rings. The van der Waals surface area contributed by atoms with Gasteiger partial charge in [0.15, 0.2) is 8.32 Å². The molecule has 5 aromatic rings. The average Bonchev–Trinajstić information content (AvgIpc) is 3.44. The van der Waals surface area contributed by atoms with Gasteiger partial charge in [-0.05, 0) is 19.6 Å². The molecule has 36 heavy (non-hydrogen) atoms. The summed E-state index contributed by atoms with van der Waals surface area (Å²) in [7, 11) is 9.54. The van der Waals surface area contributed by atoms with Crippen molar-refractivity contribution in [2.45, 2.75) is 32.7 Å². The first kappa shape index (κ1) is 31.0. The maximum Gasteiger partial charge on any atom is -0.0771 e. The van der Waals surface area contributed by atoms with Crippen LogP contribution in [0.5, 0.6) is 5.75 Å². The second kappa shape index (κ2) is 16.6. The molecule has 0 aliphatic heterocycles. The maximum absolute atomic E-state index is 5.75. The first-order valence-corrected chi connectivity index (χ1v) is 23.6. The third-order valence-electron chi connectivity index (χ3n) is 5.04. The summed E-state index contributed by atoms with van der Waals surface area (Å²) < 4.78 is 11.5. The molecule has 0 aliphatic carbocycles. The SMILES string of the molecule is C[Si](C)(C)OCCOc1c[cH-]c2ccccc12.C[Si]C.[Cl][Zr+2][Cl].c1ccc2c(c1)[cH-]c1ccccc12. The molecule has 0 bridgehead atoms. The minimum absolute atomic E-state index is 0.623. The molecule has 0 unspecified atom stereocenters. The standard InChI is InChI=1S/C14H19O2Si.C13H9.C2H6Si.2ClH.Zr/c1-17(2,3)16-11-10-15-14-9-8-12-6-4-5-7-13(12)14;1-3-7-12-10(5-1)9-11-6-2-4-8-13(11)12;1-3-2;;;/h4-9H,10-11H2,1-3H3;1-9H;1-2H3;2*1H;/q2*-1;;;;+4/p-2. The fourth-order valence-corrected chi connectivity index (χ4v) is 4.35. The Kier molecular flexibility index (Phi) is 14.3. The van der Waals surface area contributed by atoms with Crippen LogP contribution in [0.15, 0.2) is 91.0 Å². The van der Waals surface area contributed by atoms with Crippen molar-refractivity contribution in [3.63, 3.8) is 0 Å². The summed E-state index contributed by atoms with van der Waals surface area (Å²) in [6.07, 6.45) is 0. The molecule has 0 saturated heterocycles. The topological polar surface area (TPSA) is 18.5 Å². The molecule has 0 N–H and O–H groups in total. The van der Waals surface area contributed by atoms with E-state index in [1.165, 1.54) is 32.3 Å². The summed E-state index contributed by atoms with van der Waals surface area (Å²) in [5, 5.41) is 7.80. The summed E-state index contributed by atoms with van der Waals surface area (Å²) in [6, 6.07) is 31.7. The third kappa shape index (κ3) is 10.3. The number of ether oxygens (including phenoxy) is 1. The van der Waals surface area contributed by atoms with Crippen molar-refractivity contribution in [2.24, 2.45) is 0 Å². The predicted molar refractivity (Wildman–Crippen MR) is 161 cm³/mol. The zero-order valence-corrected chi connectivity index (χ0v) is 27.6. The molecule has 0 spiro atoms. The molecule has 0 fully saturated rings. The average molecular weight is 633 g/mol. The van der Waals surface area contributed by atoms with Crippen molar-refractivity contribution in [1.29, 1.82) is 0 Å². The quantitative estimate of drug-likeness (QED) is 0.109. The first-order valence-electron chi connectivity index (χ1n) is 11.8. The minimum Gasteiger partial charge on any atom is -0.126 e. The Bertz CT molecular complexity index is 1240. The van der Waals surface area contributed by atoms with Crippen LogP contribution in [0.3, 0.4) is 0 Å². The predicted octanol–water partition coefficient (Wildman–Crippen LogP) is 9.66. The summed E-state index contributed by atoms with van der Waals surface area (Å²) in [5.74, 6) is 0.958. The third-order valence-corrected chi connectivity index (χ3v) is 6.11. The first-order chi connectivity index (χ1) is 17.3. The smallest absolute Gasteiger partial charge is 0.0771 e. The number of rotatable bonds is 5. The van der Waals surface area contributed by atoms with E-state index in [1.54, 1.807) is 0 Å². The van der Waals surface area contributed by atoms with Gasteiger partial charge in [-0.15, -0.1) is 75.5 Å². The Labute approximate surface area is 238 Å². The summed E-state index contributed by atoms with van der Waals surface area (Å²) in [6.45, 7) is 12.2. The number of fused-ring (bicyclic) bond motifs is 4. The van der Waals surface area contributed by atoms with Crippen molar-refractivity contribution in [2.75, 3.05) is 13.2 Å². The number of hydrogen-bond donors (Lipinski definition) is 0. The van der Waals surface area contributed by atoms with Gasteiger partial charge in [0.2, 0.25) is 0 Å². The van der Waals surface area contributed by atoms with Gasteiger partial charge in [-0.1, -0.05) is 60.9 Å². The van der Waals surface area contributed by atoms with E-state index in [0.717, 1.165) is 15.3 Å². The molecule has 5 rings (SSSR count). The van der Waals surface area contributed by atoms with Crippen molar-refractivity contribution in [3.05, 3.63) is 91.0 Å². The molecule has 0 aromatic heterocycles. The number of hydrogen-bond acceptors (Lipinski definition) is 2. The van der Waals surface area contributed by atoms with Gasteiger partial charge < -0.3 is 9.16 Å². The number of benzene rings is 3. The fourth-order valence-electron chi connectivity index (χ4n) is 3.65. The molecule has 0 atom stereocenters. The van der Waals surface area contributed by atoms with Crippen LogP contribution in [-0.2, 0) is 25.3 Å². The zero-order chi connectivity index (χ0) is 26.4. The van der Waals surface area contributed by atoms with Crippen molar-refractivity contribution in [3.8, 4) is 5.75 Å². The zero-order valence-electron chi connectivity index (χ0n) is 21.6. The Morgan fingerprint density at radius 2 is 1.19 bits per heavy atom. The van der Waals surface area contributed by atoms with E-state index < -0.39 is 29.2 Å². The van der Waals surface area contributed by atoms with Crippen LogP contribution in [0.25, 0.3) is 32.3 Å². The van der Waals surface area contributed by atoms with Gasteiger partial charge in [0.05, 0.1) is 13.2 Å². The van der Waals surface area contributed by atoms with Gasteiger partial charge in [-0.2, -0.15) is 0 Å². The molecule has 2 nitrogen and oxygen atoms in total. The molecule has 188 valence electrons. The van der Waals surface area contributed by atoms with E-state index in [4.69, 9.17) is 26.2 Å². The molecular formula is C29H34Cl2O2Si2Zr. The molecule has 0 amide bonds. The Morgan fingerprint density at radius 3 is 1.69 bits per heavy atom. The second-order valence-electron chi connectivity index (χ2n) is 8.98. The van der Waals surface area contributed by atoms with E-state index in [2.05, 4.69) is 106 Å². The Hall–Kier alpha value is -1.20. The van der Waals surface area contributed by atoms with Crippen LogP contribution in [-0.4, -0.2) is 31.1 Å². The summed E-state index contributed by atoms with van der Waals surface area (Å²) in [4.78, 5) is 0. The van der Waals surface area contributed by atoms with Gasteiger partial charge in [0.1, 0.15) is 0 Å². The normalized spacial score (nSPS) is 10.4. The number of halogens is 2. The maximum atomic E-state index is 5.75. The monoisotopic (exact) mass is 630 g/mol. The van der Waals surface area contributed by atoms with Gasteiger partial charge in [-0.25, -0.2) is 0 Å². The van der Waals surface area contributed by atoms with Gasteiger partial charge in [-0.3, -0.25) is 0 Å². The van der Waals surface area contributed by atoms with Crippen LogP contribution < -0.4 is 4.74 Å². The largest absolute Gasteiger partial charge is 0.126 e.